The Balaban J connectivity index is 3.20. The van der Waals surface area contributed by atoms with E-state index >= 15 is 0 Å². The lowest BCUT2D eigenvalue weighted by atomic mass is 10.1. The zero-order valence-corrected chi connectivity index (χ0v) is 7.09. The fourth-order valence-electron chi connectivity index (χ4n) is 0.954. The van der Waals surface area contributed by atoms with Crippen LogP contribution in [0.25, 0.3) is 0 Å². The Labute approximate surface area is 77.2 Å². The van der Waals surface area contributed by atoms with E-state index in [1.807, 2.05) is 0 Å². The number of alkyl halides is 3. The first-order valence-corrected chi connectivity index (χ1v) is 3.59. The molecule has 1 heterocycles. The van der Waals surface area contributed by atoms with E-state index in [1.54, 1.807) is 0 Å². The van der Waals surface area contributed by atoms with Gasteiger partial charge in [0.1, 0.15) is 0 Å². The van der Waals surface area contributed by atoms with Crippen LogP contribution in [-0.4, -0.2) is 16.1 Å². The lowest BCUT2D eigenvalue weighted by Crippen LogP contribution is -2.10. The lowest BCUT2D eigenvalue weighted by Gasteiger charge is -2.07. The van der Waals surface area contributed by atoms with Gasteiger partial charge in [0.2, 0.25) is 0 Å². The molecule has 0 atom stereocenters. The molecule has 3 nitrogen and oxygen atoms in total. The summed E-state index contributed by atoms with van der Waals surface area (Å²) >= 11 is 0. The molecule has 0 aliphatic carbocycles. The quantitative estimate of drug-likeness (QED) is 0.763. The Bertz CT molecular complexity index is 373. The highest BCUT2D eigenvalue weighted by Crippen LogP contribution is 2.29. The summed E-state index contributed by atoms with van der Waals surface area (Å²) in [5.41, 5.74) is -1.31. The molecule has 6 heteroatoms. The van der Waals surface area contributed by atoms with Crippen LogP contribution < -0.4 is 0 Å². The predicted molar refractivity (Wildman–Crippen MR) is 40.9 cm³/mol. The fraction of sp³-hybridized carbons (Fsp3) is 0.250. The number of pyridine rings is 1. The first-order chi connectivity index (χ1) is 6.32. The number of aromatic carboxylic acids is 1. The molecule has 0 unspecified atom stereocenters. The number of aromatic nitrogens is 1. The van der Waals surface area contributed by atoms with Crippen LogP contribution in [-0.2, 0) is 6.18 Å². The Kier molecular flexibility index (Phi) is 2.46. The SMILES string of the molecule is Cc1cc(C(F)(F)F)cnc1C(=O)O. The topological polar surface area (TPSA) is 50.2 Å². The van der Waals surface area contributed by atoms with Crippen LogP contribution in [0.1, 0.15) is 21.6 Å². The highest BCUT2D eigenvalue weighted by atomic mass is 19.4. The summed E-state index contributed by atoms with van der Waals surface area (Å²) in [6, 6.07) is 0.760. The monoisotopic (exact) mass is 205 g/mol. The molecule has 0 aliphatic heterocycles. The van der Waals surface area contributed by atoms with Crippen LogP contribution in [0, 0.1) is 6.92 Å². The molecular weight excluding hydrogens is 199 g/mol. The van der Waals surface area contributed by atoms with Crippen LogP contribution in [0.5, 0.6) is 0 Å². The van der Waals surface area contributed by atoms with Gasteiger partial charge in [0.25, 0.3) is 0 Å². The van der Waals surface area contributed by atoms with Crippen LogP contribution in [0.2, 0.25) is 0 Å². The minimum absolute atomic E-state index is 0.00711. The second kappa shape index (κ2) is 3.28. The second-order valence-electron chi connectivity index (χ2n) is 2.69. The maximum atomic E-state index is 12.1. The molecule has 0 aromatic carbocycles. The van der Waals surface area contributed by atoms with E-state index in [4.69, 9.17) is 5.11 Å². The van der Waals surface area contributed by atoms with Gasteiger partial charge in [-0.05, 0) is 18.6 Å². The van der Waals surface area contributed by atoms with Crippen molar-refractivity contribution in [2.45, 2.75) is 13.1 Å². The zero-order valence-electron chi connectivity index (χ0n) is 7.09. The van der Waals surface area contributed by atoms with E-state index in [9.17, 15) is 18.0 Å². The smallest absolute Gasteiger partial charge is 0.417 e. The number of hydrogen-bond donors (Lipinski definition) is 1. The third-order valence-electron chi connectivity index (χ3n) is 1.61. The molecule has 1 aromatic heterocycles. The van der Waals surface area contributed by atoms with Crippen molar-refractivity contribution in [2.75, 3.05) is 0 Å². The van der Waals surface area contributed by atoms with Crippen molar-refractivity contribution in [1.82, 2.24) is 4.98 Å². The number of nitrogens with zero attached hydrogens (tertiary/aromatic N) is 1. The Morgan fingerprint density at radius 3 is 2.43 bits per heavy atom. The van der Waals surface area contributed by atoms with Crippen LogP contribution in [0.3, 0.4) is 0 Å². The zero-order chi connectivity index (χ0) is 10.9. The summed E-state index contributed by atoms with van der Waals surface area (Å²) in [6.45, 7) is 1.27. The molecule has 0 saturated heterocycles. The Hall–Kier alpha value is -1.59. The normalized spacial score (nSPS) is 11.4. The average molecular weight is 205 g/mol. The molecule has 14 heavy (non-hydrogen) atoms. The van der Waals surface area contributed by atoms with E-state index < -0.39 is 17.7 Å². The molecule has 76 valence electrons. The minimum Gasteiger partial charge on any atom is -0.477 e. The number of hydrogen-bond acceptors (Lipinski definition) is 2. The van der Waals surface area contributed by atoms with Crippen molar-refractivity contribution in [1.29, 1.82) is 0 Å². The van der Waals surface area contributed by atoms with Crippen molar-refractivity contribution in [2.24, 2.45) is 0 Å². The number of carboxylic acid groups (broad SMARTS) is 1. The molecule has 0 radical (unpaired) electrons. The van der Waals surface area contributed by atoms with Gasteiger partial charge in [-0.15, -0.1) is 0 Å². The molecular formula is C8H6F3NO2. The van der Waals surface area contributed by atoms with Gasteiger partial charge >= 0.3 is 12.1 Å². The summed E-state index contributed by atoms with van der Waals surface area (Å²) in [5, 5.41) is 8.52. The van der Waals surface area contributed by atoms with Gasteiger partial charge in [-0.1, -0.05) is 0 Å². The van der Waals surface area contributed by atoms with Gasteiger partial charge in [-0.2, -0.15) is 13.2 Å². The van der Waals surface area contributed by atoms with Crippen molar-refractivity contribution < 1.29 is 23.1 Å². The molecule has 0 saturated carbocycles. The van der Waals surface area contributed by atoms with Crippen LogP contribution in [0.4, 0.5) is 13.2 Å². The van der Waals surface area contributed by atoms with Crippen molar-refractivity contribution in [3.63, 3.8) is 0 Å². The molecule has 1 rings (SSSR count). The summed E-state index contributed by atoms with van der Waals surface area (Å²) in [7, 11) is 0. The number of rotatable bonds is 1. The fourth-order valence-corrected chi connectivity index (χ4v) is 0.954. The Morgan fingerprint density at radius 1 is 1.50 bits per heavy atom. The van der Waals surface area contributed by atoms with Gasteiger partial charge < -0.3 is 5.11 Å². The third-order valence-corrected chi connectivity index (χ3v) is 1.61. The number of carbonyl (C=O) groups is 1. The van der Waals surface area contributed by atoms with Crippen LogP contribution in [0.15, 0.2) is 12.3 Å². The standard InChI is InChI=1S/C8H6F3NO2/c1-4-2-5(8(9,10)11)3-12-6(4)7(13)14/h2-3H,1H3,(H,13,14). The predicted octanol–water partition coefficient (Wildman–Crippen LogP) is 2.11. The molecule has 1 aromatic rings. The van der Waals surface area contributed by atoms with E-state index in [0.29, 0.717) is 6.20 Å². The van der Waals surface area contributed by atoms with Gasteiger partial charge in [0.15, 0.2) is 5.69 Å². The number of aryl methyl sites for hydroxylation is 1. The molecule has 0 aliphatic rings. The van der Waals surface area contributed by atoms with Gasteiger partial charge in [0, 0.05) is 6.20 Å². The summed E-state index contributed by atoms with van der Waals surface area (Å²) < 4.78 is 36.3. The van der Waals surface area contributed by atoms with Gasteiger partial charge in [0.05, 0.1) is 5.56 Å². The van der Waals surface area contributed by atoms with Crippen molar-refractivity contribution in [3.8, 4) is 0 Å². The number of carboxylic acids is 1. The Morgan fingerprint density at radius 2 is 2.07 bits per heavy atom. The van der Waals surface area contributed by atoms with E-state index in [1.165, 1.54) is 6.92 Å². The van der Waals surface area contributed by atoms with Crippen LogP contribution >= 0.6 is 0 Å². The maximum Gasteiger partial charge on any atom is 0.417 e. The first kappa shape index (κ1) is 10.5. The van der Waals surface area contributed by atoms with Crippen molar-refractivity contribution in [3.05, 3.63) is 29.1 Å². The highest BCUT2D eigenvalue weighted by Gasteiger charge is 2.31. The van der Waals surface area contributed by atoms with Crippen molar-refractivity contribution >= 4 is 5.97 Å². The molecule has 0 amide bonds. The molecule has 0 bridgehead atoms. The average Bonchev–Trinajstić information content (AvgIpc) is 2.01. The second-order valence-corrected chi connectivity index (χ2v) is 2.69. The summed E-state index contributed by atoms with van der Waals surface area (Å²) in [6.07, 6.45) is -3.98. The third kappa shape index (κ3) is 2.01. The number of halogens is 3. The minimum atomic E-state index is -4.49. The van der Waals surface area contributed by atoms with Gasteiger partial charge in [-0.3, -0.25) is 0 Å². The first-order valence-electron chi connectivity index (χ1n) is 3.59. The summed E-state index contributed by atoms with van der Waals surface area (Å²) in [4.78, 5) is 13.7. The van der Waals surface area contributed by atoms with E-state index in [0.717, 1.165) is 6.07 Å². The summed E-state index contributed by atoms with van der Waals surface area (Å²) in [5.74, 6) is -1.34. The van der Waals surface area contributed by atoms with E-state index in [2.05, 4.69) is 4.98 Å². The van der Waals surface area contributed by atoms with Gasteiger partial charge in [-0.25, -0.2) is 9.78 Å². The lowest BCUT2D eigenvalue weighted by molar-refractivity contribution is -0.137. The molecule has 0 fully saturated rings. The molecule has 0 spiro atoms. The molecule has 1 N–H and O–H groups in total. The van der Waals surface area contributed by atoms with E-state index in [-0.39, 0.29) is 11.3 Å². The highest BCUT2D eigenvalue weighted by molar-refractivity contribution is 5.86. The largest absolute Gasteiger partial charge is 0.477 e. The maximum absolute atomic E-state index is 12.1.